The number of aliphatic hydroxyl groups excluding tert-OH is 4. The molecule has 4 heterocycles. The van der Waals surface area contributed by atoms with Crippen LogP contribution in [-0.2, 0) is 23.7 Å². The third-order valence-corrected chi connectivity index (χ3v) is 15.0. The van der Waals surface area contributed by atoms with Crippen LogP contribution in [0.15, 0.2) is 11.6 Å². The Hall–Kier alpha value is -0.660. The molecular weight excluding hydrogens is 580 g/mol. The molecular formula is C35H54O10. The lowest BCUT2D eigenvalue weighted by Gasteiger charge is -2.61. The molecule has 10 nitrogen and oxygen atoms in total. The molecule has 3 saturated carbocycles. The highest BCUT2D eigenvalue weighted by atomic mass is 16.8. The number of ether oxygens (including phenoxy) is 5. The average molecular weight is 635 g/mol. The molecule has 4 aliphatic carbocycles. The number of allylic oxidation sites excluding steroid dienone is 2. The molecule has 18 atom stereocenters. The first kappa shape index (κ1) is 31.6. The summed E-state index contributed by atoms with van der Waals surface area (Å²) >= 11 is 0. The summed E-state index contributed by atoms with van der Waals surface area (Å²) < 4.78 is 32.5. The first-order valence-electron chi connectivity index (χ1n) is 17.6. The van der Waals surface area contributed by atoms with Gasteiger partial charge in [-0.3, -0.25) is 0 Å². The molecule has 45 heavy (non-hydrogen) atoms. The second kappa shape index (κ2) is 10.2. The molecule has 8 aliphatic rings. The van der Waals surface area contributed by atoms with E-state index in [1.165, 1.54) is 5.57 Å². The Kier molecular flexibility index (Phi) is 7.15. The van der Waals surface area contributed by atoms with Crippen LogP contribution in [0.4, 0.5) is 0 Å². The Balaban J connectivity index is 1.05. The average Bonchev–Trinajstić information content (AvgIpc) is 3.36. The van der Waals surface area contributed by atoms with Crippen LogP contribution in [0.2, 0.25) is 0 Å². The van der Waals surface area contributed by atoms with E-state index < -0.39 is 59.7 Å². The minimum absolute atomic E-state index is 0.0690. The van der Waals surface area contributed by atoms with Crippen molar-refractivity contribution >= 4 is 0 Å². The number of hydrogen-bond acceptors (Lipinski definition) is 10. The van der Waals surface area contributed by atoms with E-state index in [0.717, 1.165) is 44.9 Å². The molecule has 254 valence electrons. The molecule has 0 radical (unpaired) electrons. The number of hydrogen-bond donors (Lipinski definition) is 5. The SMILES string of the molecule is CC[C@H]1[C@@H]2O[C@@]34C[C@H]5C6=CC[C@@H]7C[C@H](O[C@@H]8O[C@H](CO)[C@@H](O)[C@H](O)[C@H]8O)CC[C@]7(C)[C@H]6CC[C@]5(C)[C@@]3(O)[C@H](C)[C@@H]2O[C@]1(C)CO4. The highest BCUT2D eigenvalue weighted by Crippen LogP contribution is 2.74. The molecule has 4 aliphatic heterocycles. The van der Waals surface area contributed by atoms with Crippen molar-refractivity contribution in [1.29, 1.82) is 0 Å². The summed E-state index contributed by atoms with van der Waals surface area (Å²) in [6, 6.07) is 0. The smallest absolute Gasteiger partial charge is 0.199 e. The summed E-state index contributed by atoms with van der Waals surface area (Å²) in [5.74, 6) is 0.0277. The van der Waals surface area contributed by atoms with Crippen LogP contribution in [0, 0.1) is 40.4 Å². The second-order valence-electron chi connectivity index (χ2n) is 16.7. The minimum Gasteiger partial charge on any atom is -0.394 e. The predicted molar refractivity (Wildman–Crippen MR) is 160 cm³/mol. The van der Waals surface area contributed by atoms with E-state index in [2.05, 4.69) is 40.7 Å². The number of aliphatic hydroxyl groups is 5. The summed E-state index contributed by atoms with van der Waals surface area (Å²) in [5, 5.41) is 53.6. The fourth-order valence-corrected chi connectivity index (χ4v) is 12.3. The monoisotopic (exact) mass is 634 g/mol. The van der Waals surface area contributed by atoms with Crippen molar-refractivity contribution in [2.45, 2.75) is 152 Å². The summed E-state index contributed by atoms with van der Waals surface area (Å²) in [6.45, 7) is 11.2. The van der Waals surface area contributed by atoms with Gasteiger partial charge < -0.3 is 49.2 Å². The van der Waals surface area contributed by atoms with Gasteiger partial charge in [0.05, 0.1) is 37.1 Å². The number of rotatable bonds is 4. The lowest BCUT2D eigenvalue weighted by atomic mass is 9.47. The van der Waals surface area contributed by atoms with Gasteiger partial charge in [-0.15, -0.1) is 0 Å². The lowest BCUT2D eigenvalue weighted by Crippen LogP contribution is -2.72. The van der Waals surface area contributed by atoms with Crippen molar-refractivity contribution in [1.82, 2.24) is 0 Å². The molecule has 10 heteroatoms. The fourth-order valence-electron chi connectivity index (χ4n) is 12.3. The van der Waals surface area contributed by atoms with E-state index in [-0.39, 0.29) is 41.5 Å². The standard InChI is InChI=1S/C35H54O10/c1-6-21-29-28-17(2)35(40)32(4)12-10-22-20(23(32)14-34(35,45-29)41-16-33(21,5)44-28)8-7-18-13-19(9-11-31(18,22)3)42-30-27(39)26(38)25(37)24(15-36)43-30/h8,17-19,21-30,36-40H,6-7,9-16H2,1-5H3/t17-,18-,19-,21+,22+,23+,24-,25-,26+,27-,28+,29+,30-,31+,32+,33-,34+,35+/m1/s1. The van der Waals surface area contributed by atoms with Gasteiger partial charge in [-0.1, -0.05) is 39.3 Å². The van der Waals surface area contributed by atoms with Crippen molar-refractivity contribution < 1.29 is 49.2 Å². The van der Waals surface area contributed by atoms with Crippen molar-refractivity contribution in [2.75, 3.05) is 13.2 Å². The van der Waals surface area contributed by atoms with Crippen LogP contribution in [0.5, 0.6) is 0 Å². The molecule has 0 aromatic rings. The van der Waals surface area contributed by atoms with Crippen LogP contribution in [0.1, 0.15) is 86.0 Å². The zero-order valence-corrected chi connectivity index (χ0v) is 27.4. The second-order valence-corrected chi connectivity index (χ2v) is 16.7. The molecule has 4 saturated heterocycles. The molecule has 0 amide bonds. The molecule has 3 bridgehead atoms. The molecule has 0 aromatic carbocycles. The Morgan fingerprint density at radius 3 is 2.49 bits per heavy atom. The zero-order chi connectivity index (χ0) is 31.9. The molecule has 7 fully saturated rings. The quantitative estimate of drug-likeness (QED) is 0.292. The van der Waals surface area contributed by atoms with Gasteiger partial charge in [-0.05, 0) is 75.0 Å². The van der Waals surface area contributed by atoms with Crippen LogP contribution in [0.3, 0.4) is 0 Å². The van der Waals surface area contributed by atoms with Gasteiger partial charge in [0.15, 0.2) is 12.1 Å². The van der Waals surface area contributed by atoms with Crippen LogP contribution in [0.25, 0.3) is 0 Å². The van der Waals surface area contributed by atoms with Gasteiger partial charge in [0.25, 0.3) is 0 Å². The van der Waals surface area contributed by atoms with E-state index in [1.54, 1.807) is 0 Å². The summed E-state index contributed by atoms with van der Waals surface area (Å²) in [6.07, 6.45) is 2.78. The van der Waals surface area contributed by atoms with Gasteiger partial charge in [0.1, 0.15) is 30.0 Å². The molecule has 8 rings (SSSR count). The van der Waals surface area contributed by atoms with Crippen LogP contribution < -0.4 is 0 Å². The van der Waals surface area contributed by atoms with Crippen LogP contribution in [-0.4, -0.2) is 105 Å². The van der Waals surface area contributed by atoms with Gasteiger partial charge in [0, 0.05) is 23.7 Å². The minimum atomic E-state index is -1.44. The Morgan fingerprint density at radius 2 is 1.76 bits per heavy atom. The highest BCUT2D eigenvalue weighted by Gasteiger charge is 2.82. The summed E-state index contributed by atoms with van der Waals surface area (Å²) in [7, 11) is 0. The predicted octanol–water partition coefficient (Wildman–Crippen LogP) is 2.42. The van der Waals surface area contributed by atoms with E-state index in [4.69, 9.17) is 23.7 Å². The molecule has 5 N–H and O–H groups in total. The van der Waals surface area contributed by atoms with Crippen molar-refractivity contribution in [2.24, 2.45) is 40.4 Å². The normalized spacial score (nSPS) is 61.6. The number of fused-ring (bicyclic) bond motifs is 7. The van der Waals surface area contributed by atoms with Crippen LogP contribution >= 0.6 is 0 Å². The third-order valence-electron chi connectivity index (χ3n) is 15.0. The van der Waals surface area contributed by atoms with E-state index in [0.29, 0.717) is 24.9 Å². The zero-order valence-electron chi connectivity index (χ0n) is 27.4. The first-order valence-corrected chi connectivity index (χ1v) is 17.6. The van der Waals surface area contributed by atoms with E-state index in [9.17, 15) is 25.5 Å². The van der Waals surface area contributed by atoms with Gasteiger partial charge >= 0.3 is 0 Å². The van der Waals surface area contributed by atoms with E-state index >= 15 is 0 Å². The maximum Gasteiger partial charge on any atom is 0.199 e. The van der Waals surface area contributed by atoms with E-state index in [1.807, 2.05) is 0 Å². The highest BCUT2D eigenvalue weighted by molar-refractivity contribution is 5.35. The molecule has 1 spiro atoms. The van der Waals surface area contributed by atoms with Crippen molar-refractivity contribution in [3.05, 3.63) is 11.6 Å². The maximum atomic E-state index is 13.0. The topological polar surface area (TPSA) is 147 Å². The van der Waals surface area contributed by atoms with Crippen molar-refractivity contribution in [3.63, 3.8) is 0 Å². The summed E-state index contributed by atoms with van der Waals surface area (Å²) in [5.41, 5.74) is -0.412. The molecule has 0 aromatic heterocycles. The van der Waals surface area contributed by atoms with Crippen molar-refractivity contribution in [3.8, 4) is 0 Å². The summed E-state index contributed by atoms with van der Waals surface area (Å²) in [4.78, 5) is 0. The fraction of sp³-hybridized carbons (Fsp3) is 0.943. The molecule has 0 unspecified atom stereocenters. The van der Waals surface area contributed by atoms with Gasteiger partial charge in [-0.25, -0.2) is 0 Å². The maximum absolute atomic E-state index is 13.0. The Bertz CT molecular complexity index is 1230. The van der Waals surface area contributed by atoms with Gasteiger partial charge in [0.2, 0.25) is 0 Å². The first-order chi connectivity index (χ1) is 21.3. The third kappa shape index (κ3) is 3.87. The Morgan fingerprint density at radius 1 is 0.978 bits per heavy atom. The Labute approximate surface area is 266 Å². The lowest BCUT2D eigenvalue weighted by molar-refractivity contribution is -0.403. The largest absolute Gasteiger partial charge is 0.394 e. The van der Waals surface area contributed by atoms with Gasteiger partial charge in [-0.2, -0.15) is 0 Å².